The first-order valence-corrected chi connectivity index (χ1v) is 5.47. The van der Waals surface area contributed by atoms with E-state index < -0.39 is 18.8 Å². The fraction of sp³-hybridized carbons (Fsp3) is 0.900. The molecule has 1 heterocycles. The van der Waals surface area contributed by atoms with Crippen molar-refractivity contribution in [1.29, 1.82) is 0 Å². The molecule has 0 aromatic carbocycles. The van der Waals surface area contributed by atoms with Crippen molar-refractivity contribution >= 4 is 6.03 Å². The minimum atomic E-state index is -4.32. The minimum Gasteiger partial charge on any atom is -0.325 e. The van der Waals surface area contributed by atoms with Crippen molar-refractivity contribution in [2.45, 2.75) is 31.9 Å². The summed E-state index contributed by atoms with van der Waals surface area (Å²) < 4.78 is 36.3. The molecular weight excluding hydrogens is 221 g/mol. The second-order valence-electron chi connectivity index (χ2n) is 4.16. The van der Waals surface area contributed by atoms with Gasteiger partial charge in [0.15, 0.2) is 0 Å². The number of hydrogen-bond acceptors (Lipinski definition) is 1. The molecule has 1 rings (SSSR count). The van der Waals surface area contributed by atoms with Gasteiger partial charge in [0.1, 0.15) is 6.54 Å². The molecule has 0 unspecified atom stereocenters. The van der Waals surface area contributed by atoms with Gasteiger partial charge in [0, 0.05) is 20.1 Å². The van der Waals surface area contributed by atoms with Gasteiger partial charge in [0.2, 0.25) is 0 Å². The van der Waals surface area contributed by atoms with Gasteiger partial charge in [0.25, 0.3) is 0 Å². The molecule has 0 spiro atoms. The van der Waals surface area contributed by atoms with Gasteiger partial charge >= 0.3 is 12.2 Å². The van der Waals surface area contributed by atoms with E-state index in [-0.39, 0.29) is 0 Å². The van der Waals surface area contributed by atoms with Crippen LogP contribution in [-0.4, -0.2) is 48.7 Å². The summed E-state index contributed by atoms with van der Waals surface area (Å²) in [6.07, 6.45) is -0.465. The smallest absolute Gasteiger partial charge is 0.325 e. The van der Waals surface area contributed by atoms with Gasteiger partial charge in [-0.1, -0.05) is 12.8 Å². The summed E-state index contributed by atoms with van der Waals surface area (Å²) in [5.41, 5.74) is 0. The Kier molecular flexibility index (Phi) is 4.44. The van der Waals surface area contributed by atoms with Crippen LogP contribution in [-0.2, 0) is 0 Å². The van der Waals surface area contributed by atoms with Gasteiger partial charge in [-0.15, -0.1) is 0 Å². The summed E-state index contributed by atoms with van der Waals surface area (Å²) in [4.78, 5) is 13.9. The highest BCUT2D eigenvalue weighted by atomic mass is 19.4. The van der Waals surface area contributed by atoms with E-state index in [1.54, 1.807) is 0 Å². The van der Waals surface area contributed by atoms with E-state index in [1.807, 2.05) is 0 Å². The number of halogens is 3. The predicted octanol–water partition coefficient (Wildman–Crippen LogP) is 2.48. The number of carbonyl (C=O) groups excluding carboxylic acids is 1. The van der Waals surface area contributed by atoms with Crippen molar-refractivity contribution in [2.24, 2.45) is 0 Å². The van der Waals surface area contributed by atoms with E-state index in [9.17, 15) is 18.0 Å². The van der Waals surface area contributed by atoms with Crippen LogP contribution >= 0.6 is 0 Å². The summed E-state index contributed by atoms with van der Waals surface area (Å²) in [6, 6.07) is -0.515. The van der Waals surface area contributed by atoms with Crippen molar-refractivity contribution in [2.75, 3.05) is 26.7 Å². The Labute approximate surface area is 93.2 Å². The van der Waals surface area contributed by atoms with Crippen LogP contribution in [0.25, 0.3) is 0 Å². The maximum Gasteiger partial charge on any atom is 0.406 e. The van der Waals surface area contributed by atoms with Crippen LogP contribution in [0.15, 0.2) is 0 Å². The zero-order valence-electron chi connectivity index (χ0n) is 9.39. The molecule has 0 radical (unpaired) electrons. The SMILES string of the molecule is CN(CC(F)(F)F)C(=O)N1CCCCCC1. The molecule has 94 valence electrons. The number of nitrogens with zero attached hydrogens (tertiary/aromatic N) is 2. The summed E-state index contributed by atoms with van der Waals surface area (Å²) in [7, 11) is 1.20. The Bertz CT molecular complexity index is 235. The molecule has 0 N–H and O–H groups in total. The van der Waals surface area contributed by atoms with Crippen LogP contribution in [0.3, 0.4) is 0 Å². The molecule has 1 saturated heterocycles. The average molecular weight is 238 g/mol. The van der Waals surface area contributed by atoms with E-state index in [4.69, 9.17) is 0 Å². The molecule has 2 amide bonds. The van der Waals surface area contributed by atoms with Crippen molar-refractivity contribution in [3.05, 3.63) is 0 Å². The predicted molar refractivity (Wildman–Crippen MR) is 54.1 cm³/mol. The Morgan fingerprint density at radius 3 is 2.12 bits per heavy atom. The fourth-order valence-electron chi connectivity index (χ4n) is 1.84. The van der Waals surface area contributed by atoms with Crippen LogP contribution < -0.4 is 0 Å². The summed E-state index contributed by atoms with van der Waals surface area (Å²) in [5.74, 6) is 0. The highest BCUT2D eigenvalue weighted by Gasteiger charge is 2.32. The molecule has 1 fully saturated rings. The number of amides is 2. The summed E-state index contributed by atoms with van der Waals surface area (Å²) in [5, 5.41) is 0. The molecule has 1 aliphatic heterocycles. The first-order chi connectivity index (χ1) is 7.40. The van der Waals surface area contributed by atoms with Gasteiger partial charge in [-0.2, -0.15) is 13.2 Å². The minimum absolute atomic E-state index is 0.515. The molecule has 0 bridgehead atoms. The fourth-order valence-corrected chi connectivity index (χ4v) is 1.84. The molecule has 0 aliphatic carbocycles. The standard InChI is InChI=1S/C10H17F3N2O/c1-14(8-10(11,12)13)9(16)15-6-4-2-3-5-7-15/h2-8H2,1H3. The first kappa shape index (κ1) is 13.1. The van der Waals surface area contributed by atoms with Crippen LogP contribution in [0.4, 0.5) is 18.0 Å². The van der Waals surface area contributed by atoms with E-state index in [1.165, 1.54) is 11.9 Å². The van der Waals surface area contributed by atoms with E-state index >= 15 is 0 Å². The van der Waals surface area contributed by atoms with Crippen LogP contribution in [0.2, 0.25) is 0 Å². The monoisotopic (exact) mass is 238 g/mol. The van der Waals surface area contributed by atoms with Crippen molar-refractivity contribution in [3.8, 4) is 0 Å². The number of alkyl halides is 3. The van der Waals surface area contributed by atoms with Crippen LogP contribution in [0, 0.1) is 0 Å². The van der Waals surface area contributed by atoms with Gasteiger partial charge in [-0.3, -0.25) is 0 Å². The molecule has 16 heavy (non-hydrogen) atoms. The van der Waals surface area contributed by atoms with Crippen molar-refractivity contribution < 1.29 is 18.0 Å². The lowest BCUT2D eigenvalue weighted by Crippen LogP contribution is -2.45. The molecule has 3 nitrogen and oxygen atoms in total. The van der Waals surface area contributed by atoms with Crippen LogP contribution in [0.5, 0.6) is 0 Å². The van der Waals surface area contributed by atoms with Crippen LogP contribution in [0.1, 0.15) is 25.7 Å². The maximum atomic E-state index is 12.1. The third kappa shape index (κ3) is 4.28. The molecule has 0 aromatic heterocycles. The maximum absolute atomic E-state index is 12.1. The normalized spacial score (nSPS) is 18.1. The molecular formula is C10H17F3N2O. The van der Waals surface area contributed by atoms with Crippen molar-refractivity contribution in [3.63, 3.8) is 0 Å². The number of likely N-dealkylation sites (tertiary alicyclic amines) is 1. The second kappa shape index (κ2) is 5.41. The zero-order valence-corrected chi connectivity index (χ0v) is 9.39. The third-order valence-corrected chi connectivity index (χ3v) is 2.62. The summed E-state index contributed by atoms with van der Waals surface area (Å²) in [6.45, 7) is -0.0373. The number of carbonyl (C=O) groups is 1. The zero-order chi connectivity index (χ0) is 12.2. The average Bonchev–Trinajstić information content (AvgIpc) is 2.41. The Hall–Kier alpha value is -0.940. The highest BCUT2D eigenvalue weighted by molar-refractivity contribution is 5.74. The largest absolute Gasteiger partial charge is 0.406 e. The summed E-state index contributed by atoms with van der Waals surface area (Å²) >= 11 is 0. The lowest BCUT2D eigenvalue weighted by Gasteiger charge is -2.27. The molecule has 0 aromatic rings. The first-order valence-electron chi connectivity index (χ1n) is 5.47. The lowest BCUT2D eigenvalue weighted by molar-refractivity contribution is -0.138. The molecule has 6 heteroatoms. The van der Waals surface area contributed by atoms with Gasteiger partial charge in [-0.05, 0) is 12.8 Å². The van der Waals surface area contributed by atoms with E-state index in [0.29, 0.717) is 13.1 Å². The highest BCUT2D eigenvalue weighted by Crippen LogP contribution is 2.17. The second-order valence-corrected chi connectivity index (χ2v) is 4.16. The van der Waals surface area contributed by atoms with Gasteiger partial charge in [0.05, 0.1) is 0 Å². The third-order valence-electron chi connectivity index (χ3n) is 2.62. The molecule has 0 atom stereocenters. The van der Waals surface area contributed by atoms with E-state index in [2.05, 4.69) is 0 Å². The molecule has 0 saturated carbocycles. The molecule has 1 aliphatic rings. The topological polar surface area (TPSA) is 23.6 Å². The van der Waals surface area contributed by atoms with Gasteiger partial charge in [-0.25, -0.2) is 4.79 Å². The van der Waals surface area contributed by atoms with Gasteiger partial charge < -0.3 is 9.80 Å². The Morgan fingerprint density at radius 2 is 1.69 bits per heavy atom. The number of hydrogen-bond donors (Lipinski definition) is 0. The number of rotatable bonds is 1. The van der Waals surface area contributed by atoms with Crippen molar-refractivity contribution in [1.82, 2.24) is 9.80 Å². The number of urea groups is 1. The lowest BCUT2D eigenvalue weighted by atomic mass is 10.2. The quantitative estimate of drug-likeness (QED) is 0.688. The Balaban J connectivity index is 2.48. The Morgan fingerprint density at radius 1 is 1.19 bits per heavy atom. The van der Waals surface area contributed by atoms with E-state index in [0.717, 1.165) is 30.6 Å².